The molecule has 0 heterocycles. The van der Waals surface area contributed by atoms with Crippen molar-refractivity contribution in [2.24, 2.45) is 16.7 Å². The number of carbonyl (C=O) groups excluding carboxylic acids is 3. The third kappa shape index (κ3) is 3.61. The standard InChI is InChI=1S/C25H25NO7/c1-5-24(21(27)18-12-9-16(2)10-13-18)20(25(24,22(28)32-3)23(29)33-4)14-11-17-7-6-8-19(15-17)26(30)31/h6-15,20H,5H2,1-4H3. The van der Waals surface area contributed by atoms with Crippen LogP contribution in [0.3, 0.4) is 0 Å². The Morgan fingerprint density at radius 3 is 2.18 bits per heavy atom. The van der Waals surface area contributed by atoms with E-state index in [2.05, 4.69) is 0 Å². The number of allylic oxidation sites excluding steroid dienone is 1. The van der Waals surface area contributed by atoms with Crippen molar-refractivity contribution in [1.29, 1.82) is 0 Å². The van der Waals surface area contributed by atoms with Crippen molar-refractivity contribution in [2.75, 3.05) is 14.2 Å². The number of hydrogen-bond acceptors (Lipinski definition) is 7. The van der Waals surface area contributed by atoms with Crippen LogP contribution in [0.2, 0.25) is 0 Å². The van der Waals surface area contributed by atoms with E-state index in [4.69, 9.17) is 9.47 Å². The zero-order valence-electron chi connectivity index (χ0n) is 18.9. The predicted molar refractivity (Wildman–Crippen MR) is 120 cm³/mol. The maximum absolute atomic E-state index is 13.8. The van der Waals surface area contributed by atoms with Crippen molar-refractivity contribution in [3.8, 4) is 0 Å². The SMILES string of the molecule is CCC1(C(=O)c2ccc(C)cc2)C(C=Cc2cccc([N+](=O)[O-])c2)C1(C(=O)OC)C(=O)OC. The molecule has 8 nitrogen and oxygen atoms in total. The first-order chi connectivity index (χ1) is 15.7. The first kappa shape index (κ1) is 23.8. The topological polar surface area (TPSA) is 113 Å². The van der Waals surface area contributed by atoms with Gasteiger partial charge < -0.3 is 9.47 Å². The lowest BCUT2D eigenvalue weighted by Gasteiger charge is -2.20. The fourth-order valence-corrected chi connectivity index (χ4v) is 4.79. The molecule has 2 aromatic rings. The third-order valence-electron chi connectivity index (χ3n) is 6.47. The van der Waals surface area contributed by atoms with Crippen LogP contribution in [0.4, 0.5) is 5.69 Å². The molecule has 1 aliphatic carbocycles. The van der Waals surface area contributed by atoms with E-state index in [-0.39, 0.29) is 17.9 Å². The number of nitro benzene ring substituents is 1. The summed E-state index contributed by atoms with van der Waals surface area (Å²) in [6.45, 7) is 3.62. The van der Waals surface area contributed by atoms with Gasteiger partial charge in [-0.05, 0) is 18.9 Å². The second-order valence-electron chi connectivity index (χ2n) is 8.00. The zero-order chi connectivity index (χ0) is 24.4. The van der Waals surface area contributed by atoms with Crippen molar-refractivity contribution in [3.63, 3.8) is 0 Å². The Balaban J connectivity index is 2.15. The minimum atomic E-state index is -1.86. The first-order valence-electron chi connectivity index (χ1n) is 10.4. The number of aryl methyl sites for hydroxylation is 1. The molecule has 0 spiro atoms. The molecule has 1 aliphatic rings. The van der Waals surface area contributed by atoms with Crippen LogP contribution >= 0.6 is 0 Å². The highest BCUT2D eigenvalue weighted by atomic mass is 16.6. The summed E-state index contributed by atoms with van der Waals surface area (Å²) >= 11 is 0. The normalized spacial score (nSPS) is 20.8. The molecule has 0 saturated heterocycles. The number of nitro groups is 1. The minimum absolute atomic E-state index is 0.0994. The fraction of sp³-hybridized carbons (Fsp3) is 0.320. The summed E-state index contributed by atoms with van der Waals surface area (Å²) in [6, 6.07) is 12.8. The number of hydrogen-bond donors (Lipinski definition) is 0. The van der Waals surface area contributed by atoms with Crippen LogP contribution in [-0.4, -0.2) is 36.9 Å². The van der Waals surface area contributed by atoms with E-state index in [1.807, 2.05) is 6.92 Å². The molecule has 0 radical (unpaired) electrons. The van der Waals surface area contributed by atoms with E-state index >= 15 is 0 Å². The molecule has 172 valence electrons. The lowest BCUT2D eigenvalue weighted by molar-refractivity contribution is -0.384. The smallest absolute Gasteiger partial charge is 0.324 e. The van der Waals surface area contributed by atoms with Crippen LogP contribution in [0.1, 0.15) is 34.8 Å². The molecule has 3 rings (SSSR count). The van der Waals surface area contributed by atoms with E-state index in [0.29, 0.717) is 11.1 Å². The number of esters is 2. The Bertz CT molecular complexity index is 1120. The van der Waals surface area contributed by atoms with Gasteiger partial charge in [0.15, 0.2) is 11.2 Å². The summed E-state index contributed by atoms with van der Waals surface area (Å²) in [5.41, 5.74) is -1.55. The van der Waals surface area contributed by atoms with E-state index in [0.717, 1.165) is 19.8 Å². The molecule has 1 saturated carbocycles. The number of ether oxygens (including phenoxy) is 2. The molecule has 8 heteroatoms. The molecule has 1 fully saturated rings. The van der Waals surface area contributed by atoms with E-state index in [1.54, 1.807) is 49.4 Å². The monoisotopic (exact) mass is 451 g/mol. The van der Waals surface area contributed by atoms with Gasteiger partial charge in [-0.2, -0.15) is 0 Å². The van der Waals surface area contributed by atoms with E-state index in [1.165, 1.54) is 18.2 Å². The Kier molecular flexibility index (Phi) is 6.48. The van der Waals surface area contributed by atoms with Gasteiger partial charge in [-0.3, -0.25) is 24.5 Å². The fourth-order valence-electron chi connectivity index (χ4n) is 4.79. The van der Waals surface area contributed by atoms with Gasteiger partial charge in [-0.1, -0.05) is 61.0 Å². The van der Waals surface area contributed by atoms with Gasteiger partial charge in [0.05, 0.1) is 24.6 Å². The number of rotatable bonds is 8. The molecule has 0 bridgehead atoms. The molecular formula is C25H25NO7. The molecule has 2 atom stereocenters. The summed E-state index contributed by atoms with van der Waals surface area (Å²) in [4.78, 5) is 50.4. The summed E-state index contributed by atoms with van der Waals surface area (Å²) in [5, 5.41) is 11.1. The lowest BCUT2D eigenvalue weighted by atomic mass is 9.83. The van der Waals surface area contributed by atoms with Crippen molar-refractivity contribution in [1.82, 2.24) is 0 Å². The number of ketones is 1. The summed E-state index contributed by atoms with van der Waals surface area (Å²) in [7, 11) is 2.31. The van der Waals surface area contributed by atoms with Gasteiger partial charge in [-0.25, -0.2) is 0 Å². The summed E-state index contributed by atoms with van der Waals surface area (Å²) in [5.74, 6) is -2.94. The quantitative estimate of drug-likeness (QED) is 0.195. The highest BCUT2D eigenvalue weighted by Crippen LogP contribution is 2.74. The average Bonchev–Trinajstić information content (AvgIpc) is 3.45. The third-order valence-corrected chi connectivity index (χ3v) is 6.47. The van der Waals surface area contributed by atoms with Gasteiger partial charge in [0.2, 0.25) is 0 Å². The number of methoxy groups -OCH3 is 2. The largest absolute Gasteiger partial charge is 0.468 e. The molecule has 0 amide bonds. The van der Waals surface area contributed by atoms with Gasteiger partial charge in [0.1, 0.15) is 0 Å². The Morgan fingerprint density at radius 2 is 1.67 bits per heavy atom. The maximum atomic E-state index is 13.8. The Hall–Kier alpha value is -3.81. The van der Waals surface area contributed by atoms with Crippen LogP contribution in [0.5, 0.6) is 0 Å². The number of non-ortho nitro benzene ring substituents is 1. The van der Waals surface area contributed by atoms with E-state index < -0.39 is 33.6 Å². The first-order valence-corrected chi connectivity index (χ1v) is 10.4. The van der Waals surface area contributed by atoms with Crippen LogP contribution in [-0.2, 0) is 19.1 Å². The lowest BCUT2D eigenvalue weighted by Crippen LogP contribution is -2.37. The Labute approximate surface area is 191 Å². The number of Topliss-reactive ketones (excluding diaryl/α,β-unsaturated/α-hetero) is 1. The molecule has 2 aromatic carbocycles. The van der Waals surface area contributed by atoms with Gasteiger partial charge in [0, 0.05) is 23.6 Å². The van der Waals surface area contributed by atoms with Gasteiger partial charge in [-0.15, -0.1) is 0 Å². The predicted octanol–water partition coefficient (Wildman–Crippen LogP) is 4.16. The van der Waals surface area contributed by atoms with Crippen LogP contribution in [0.25, 0.3) is 6.08 Å². The molecule has 0 aliphatic heterocycles. The van der Waals surface area contributed by atoms with Crippen molar-refractivity contribution in [3.05, 3.63) is 81.4 Å². The van der Waals surface area contributed by atoms with E-state index in [9.17, 15) is 24.5 Å². The maximum Gasteiger partial charge on any atom is 0.324 e. The summed E-state index contributed by atoms with van der Waals surface area (Å²) < 4.78 is 9.96. The Morgan fingerprint density at radius 1 is 1.06 bits per heavy atom. The van der Waals surface area contributed by atoms with Crippen molar-refractivity contribution < 1.29 is 28.8 Å². The average molecular weight is 451 g/mol. The van der Waals surface area contributed by atoms with Gasteiger partial charge in [0.25, 0.3) is 5.69 Å². The van der Waals surface area contributed by atoms with Crippen LogP contribution in [0, 0.1) is 33.8 Å². The number of carbonyl (C=O) groups is 3. The molecular weight excluding hydrogens is 426 g/mol. The van der Waals surface area contributed by atoms with Gasteiger partial charge >= 0.3 is 11.9 Å². The van der Waals surface area contributed by atoms with Crippen molar-refractivity contribution >= 4 is 29.5 Å². The molecule has 0 aromatic heterocycles. The molecule has 0 N–H and O–H groups in total. The molecule has 2 unspecified atom stereocenters. The highest BCUT2D eigenvalue weighted by Gasteiger charge is 2.87. The van der Waals surface area contributed by atoms with Crippen molar-refractivity contribution in [2.45, 2.75) is 20.3 Å². The zero-order valence-corrected chi connectivity index (χ0v) is 18.9. The molecule has 33 heavy (non-hydrogen) atoms. The number of benzene rings is 2. The highest BCUT2D eigenvalue weighted by molar-refractivity contribution is 6.18. The van der Waals surface area contributed by atoms with Crippen LogP contribution in [0.15, 0.2) is 54.6 Å². The second kappa shape index (κ2) is 8.97. The summed E-state index contributed by atoms with van der Waals surface area (Å²) in [6.07, 6.45) is 3.31. The second-order valence-corrected chi connectivity index (χ2v) is 8.00. The number of nitrogens with zero attached hydrogens (tertiary/aromatic N) is 1. The van der Waals surface area contributed by atoms with Crippen LogP contribution < -0.4 is 0 Å². The minimum Gasteiger partial charge on any atom is -0.468 e.